The summed E-state index contributed by atoms with van der Waals surface area (Å²) in [5.74, 6) is 1.63. The summed E-state index contributed by atoms with van der Waals surface area (Å²) in [6, 6.07) is 14.5. The molecule has 1 atom stereocenters. The van der Waals surface area contributed by atoms with E-state index in [0.29, 0.717) is 58.8 Å². The summed E-state index contributed by atoms with van der Waals surface area (Å²) < 4.78 is 20.2. The van der Waals surface area contributed by atoms with Crippen LogP contribution in [0.3, 0.4) is 0 Å². The quantitative estimate of drug-likeness (QED) is 0.430. The summed E-state index contributed by atoms with van der Waals surface area (Å²) in [7, 11) is 0. The first-order valence-electron chi connectivity index (χ1n) is 9.59. The van der Waals surface area contributed by atoms with Gasteiger partial charge in [-0.05, 0) is 43.7 Å². The number of hydrogen-bond donors (Lipinski definition) is 1. The number of para-hydroxylation sites is 1. The minimum Gasteiger partial charge on any atom is -0.397 e. The van der Waals surface area contributed by atoms with Crippen LogP contribution in [0.1, 0.15) is 24.1 Å². The fourth-order valence-electron chi connectivity index (χ4n) is 3.03. The van der Waals surface area contributed by atoms with Crippen molar-refractivity contribution in [2.45, 2.75) is 25.2 Å². The highest BCUT2D eigenvalue weighted by Crippen LogP contribution is 2.28. The second-order valence-corrected chi connectivity index (χ2v) is 7.90. The molecule has 158 valence electrons. The van der Waals surface area contributed by atoms with Crippen molar-refractivity contribution in [1.29, 1.82) is 0 Å². The van der Waals surface area contributed by atoms with Gasteiger partial charge in [-0.2, -0.15) is 9.78 Å². The zero-order chi connectivity index (χ0) is 21.8. The number of nitrogens with zero attached hydrogens (tertiary/aromatic N) is 5. The largest absolute Gasteiger partial charge is 0.397 e. The zero-order valence-electron chi connectivity index (χ0n) is 17.0. The highest BCUT2D eigenvalue weighted by molar-refractivity contribution is 7.80. The van der Waals surface area contributed by atoms with Gasteiger partial charge in [0.15, 0.2) is 5.82 Å². The van der Waals surface area contributed by atoms with E-state index in [1.54, 1.807) is 28.9 Å². The van der Waals surface area contributed by atoms with Gasteiger partial charge >= 0.3 is 0 Å². The molecule has 3 aromatic rings. The molecule has 0 aliphatic carbocycles. The third-order valence-electron chi connectivity index (χ3n) is 4.53. The molecule has 0 saturated carbocycles. The Kier molecular flexibility index (Phi) is 5.99. The summed E-state index contributed by atoms with van der Waals surface area (Å²) >= 11 is -1.76. The van der Waals surface area contributed by atoms with E-state index in [0.717, 1.165) is 5.56 Å². The lowest BCUT2D eigenvalue weighted by Gasteiger charge is -2.09. The first-order valence-corrected chi connectivity index (χ1v) is 10.7. The maximum atomic E-state index is 13.0. The van der Waals surface area contributed by atoms with Crippen molar-refractivity contribution in [3.05, 3.63) is 65.7 Å². The smallest absolute Gasteiger partial charge is 0.242 e. The van der Waals surface area contributed by atoms with Crippen molar-refractivity contribution >= 4 is 34.6 Å². The Morgan fingerprint density at radius 3 is 2.74 bits per heavy atom. The average Bonchev–Trinajstić information content (AvgIpc) is 3.29. The van der Waals surface area contributed by atoms with E-state index in [1.165, 1.54) is 0 Å². The van der Waals surface area contributed by atoms with Crippen LogP contribution in [-0.2, 0) is 22.3 Å². The summed E-state index contributed by atoms with van der Waals surface area (Å²) in [5, 5.41) is 15.4. The average molecular weight is 436 g/mol. The van der Waals surface area contributed by atoms with Gasteiger partial charge in [0.2, 0.25) is 23.3 Å². The molecule has 4 rings (SSSR count). The number of nitrogens with one attached hydrogen (secondary N) is 1. The van der Waals surface area contributed by atoms with Crippen molar-refractivity contribution in [2.24, 2.45) is 10.1 Å². The summed E-state index contributed by atoms with van der Waals surface area (Å²) in [5.41, 5.74) is 2.65. The molecule has 1 N–H and O–H groups in total. The molecule has 0 bridgehead atoms. The van der Waals surface area contributed by atoms with E-state index in [-0.39, 0.29) is 0 Å². The van der Waals surface area contributed by atoms with Gasteiger partial charge in [0.05, 0.1) is 11.4 Å². The van der Waals surface area contributed by atoms with Crippen molar-refractivity contribution in [3.63, 3.8) is 0 Å². The van der Waals surface area contributed by atoms with Gasteiger partial charge in [0, 0.05) is 13.0 Å². The van der Waals surface area contributed by atoms with Gasteiger partial charge in [0.1, 0.15) is 16.4 Å². The van der Waals surface area contributed by atoms with E-state index in [4.69, 9.17) is 9.18 Å². The minimum absolute atomic E-state index is 0.431. The van der Waals surface area contributed by atoms with Gasteiger partial charge in [-0.25, -0.2) is 9.20 Å². The lowest BCUT2D eigenvalue weighted by molar-refractivity contribution is -0.109. The van der Waals surface area contributed by atoms with Crippen molar-refractivity contribution in [3.8, 4) is 5.75 Å². The summed E-state index contributed by atoms with van der Waals surface area (Å²) in [6.45, 7) is 4.17. The fourth-order valence-corrected chi connectivity index (χ4v) is 3.97. The number of rotatable bonds is 8. The Labute approximate surface area is 181 Å². The van der Waals surface area contributed by atoms with Crippen LogP contribution in [0.25, 0.3) is 0 Å². The summed E-state index contributed by atoms with van der Waals surface area (Å²) in [6.07, 6.45) is 1.12. The number of carbonyl (C=O) groups is 1. The second kappa shape index (κ2) is 9.00. The van der Waals surface area contributed by atoms with E-state index in [1.807, 2.05) is 38.1 Å². The van der Waals surface area contributed by atoms with Crippen LogP contribution in [0.4, 0.5) is 5.69 Å². The Morgan fingerprint density at radius 1 is 1.16 bits per heavy atom. The molecule has 1 aliphatic rings. The number of fused-ring (bicyclic) bond motifs is 1. The van der Waals surface area contributed by atoms with Crippen LogP contribution in [0.2, 0.25) is 0 Å². The molecule has 0 spiro atoms. The highest BCUT2D eigenvalue weighted by atomic mass is 32.2. The molecule has 31 heavy (non-hydrogen) atoms. The molecule has 2 aromatic carbocycles. The lowest BCUT2D eigenvalue weighted by atomic mass is 10.2. The first-order chi connectivity index (χ1) is 15.1. The first kappa shape index (κ1) is 20.6. The molecule has 9 nitrogen and oxygen atoms in total. The number of aliphatic imine (C=N–C) groups is 1. The standard InChI is InChI=1S/C21H20N6O3S/c1-14-8-9-17(18(12-14)31(29)30-16-6-4-3-5-7-16)23-20-15(2)26-27-19(10-11-22-13-28)24-25-21(20)27/h3-9,12-13H,10-11H2,1-2H3,(H,22,28). The predicted molar refractivity (Wildman–Crippen MR) is 117 cm³/mol. The Hall–Kier alpha value is -3.66. The number of benzene rings is 2. The molecule has 2 heterocycles. The number of amides is 1. The molecule has 1 aromatic heterocycles. The van der Waals surface area contributed by atoms with Gasteiger partial charge in [-0.15, -0.1) is 10.2 Å². The van der Waals surface area contributed by atoms with Crippen LogP contribution < -0.4 is 9.50 Å². The molecular weight excluding hydrogens is 416 g/mol. The van der Waals surface area contributed by atoms with Crippen LogP contribution >= 0.6 is 0 Å². The molecule has 0 saturated heterocycles. The van der Waals surface area contributed by atoms with E-state index < -0.39 is 11.1 Å². The van der Waals surface area contributed by atoms with Crippen molar-refractivity contribution < 1.29 is 13.2 Å². The topological polar surface area (TPSA) is 111 Å². The monoisotopic (exact) mass is 436 g/mol. The maximum absolute atomic E-state index is 13.0. The van der Waals surface area contributed by atoms with Gasteiger partial charge in [-0.1, -0.05) is 24.3 Å². The Balaban J connectivity index is 1.67. The molecular formula is C21H20N6O3S. The van der Waals surface area contributed by atoms with E-state index in [9.17, 15) is 9.00 Å². The van der Waals surface area contributed by atoms with Crippen LogP contribution in [0, 0.1) is 6.92 Å². The number of aryl methyl sites for hydroxylation is 1. The van der Waals surface area contributed by atoms with Crippen LogP contribution in [0.5, 0.6) is 5.75 Å². The highest BCUT2D eigenvalue weighted by Gasteiger charge is 2.26. The van der Waals surface area contributed by atoms with Gasteiger partial charge in [0.25, 0.3) is 0 Å². The van der Waals surface area contributed by atoms with Crippen LogP contribution in [0.15, 0.2) is 63.5 Å². The molecule has 1 amide bonds. The predicted octanol–water partition coefficient (Wildman–Crippen LogP) is 2.34. The summed E-state index contributed by atoms with van der Waals surface area (Å²) in [4.78, 5) is 15.6. The van der Waals surface area contributed by atoms with Crippen molar-refractivity contribution in [2.75, 3.05) is 6.54 Å². The third kappa shape index (κ3) is 4.43. The maximum Gasteiger partial charge on any atom is 0.242 e. The van der Waals surface area contributed by atoms with Gasteiger partial charge < -0.3 is 9.50 Å². The number of hydrogen-bond acceptors (Lipinski definition) is 7. The lowest BCUT2D eigenvalue weighted by Crippen LogP contribution is -2.16. The fraction of sp³-hybridized carbons (Fsp3) is 0.190. The third-order valence-corrected chi connectivity index (χ3v) is 5.56. The normalized spacial score (nSPS) is 14.8. The number of aromatic nitrogens is 3. The molecule has 1 aliphatic heterocycles. The Morgan fingerprint density at radius 2 is 1.97 bits per heavy atom. The minimum atomic E-state index is -1.76. The molecule has 0 fully saturated rings. The zero-order valence-corrected chi connectivity index (χ0v) is 17.8. The molecule has 0 radical (unpaired) electrons. The van der Waals surface area contributed by atoms with Crippen molar-refractivity contribution in [1.82, 2.24) is 20.2 Å². The van der Waals surface area contributed by atoms with Gasteiger partial charge in [-0.3, -0.25) is 4.79 Å². The van der Waals surface area contributed by atoms with Crippen LogP contribution in [-0.4, -0.2) is 43.5 Å². The molecule has 1 unspecified atom stereocenters. The Bertz CT molecular complexity index is 1200. The van der Waals surface area contributed by atoms with E-state index in [2.05, 4.69) is 20.6 Å². The second-order valence-electron chi connectivity index (χ2n) is 6.82. The van der Waals surface area contributed by atoms with E-state index >= 15 is 0 Å². The number of carbonyl (C=O) groups excluding carboxylic acids is 1. The SMILES string of the molecule is CC1=Nn2c(CCNC=O)nnc2C1=Nc1ccc(C)cc1S(=O)Oc1ccccc1. The molecule has 10 heteroatoms.